The molecule has 4 N–H and O–H groups in total. The molecule has 4 aliphatic carbocycles. The number of hydrogen-bond acceptors (Lipinski definition) is 7. The van der Waals surface area contributed by atoms with Crippen LogP contribution in [0.4, 0.5) is 0 Å². The van der Waals surface area contributed by atoms with Crippen LogP contribution in [0.25, 0.3) is 0 Å². The summed E-state index contributed by atoms with van der Waals surface area (Å²) < 4.78 is 0. The van der Waals surface area contributed by atoms with Crippen molar-refractivity contribution in [2.75, 3.05) is 0 Å². The SMILES string of the molecule is CC(CCC(=O)O)C1CCC2C3C(O)CC4CC(O)C(C=O)C(C=O)(C=O)C4(C)C3CC(O)C12C. The van der Waals surface area contributed by atoms with Crippen molar-refractivity contribution in [3.8, 4) is 0 Å². The lowest BCUT2D eigenvalue weighted by atomic mass is 9.36. The molecule has 0 heterocycles. The van der Waals surface area contributed by atoms with Gasteiger partial charge in [-0.1, -0.05) is 20.8 Å². The summed E-state index contributed by atoms with van der Waals surface area (Å²) in [6.45, 7) is 5.94. The van der Waals surface area contributed by atoms with Gasteiger partial charge in [-0.15, -0.1) is 0 Å². The highest BCUT2D eigenvalue weighted by Crippen LogP contribution is 2.71. The molecule has 4 saturated carbocycles. The molecule has 0 radical (unpaired) electrons. The third-order valence-electron chi connectivity index (χ3n) is 11.6. The van der Waals surface area contributed by atoms with Crippen LogP contribution in [0.5, 0.6) is 0 Å². The first-order valence-corrected chi connectivity index (χ1v) is 13.1. The van der Waals surface area contributed by atoms with E-state index in [4.69, 9.17) is 5.11 Å². The summed E-state index contributed by atoms with van der Waals surface area (Å²) >= 11 is 0. The highest BCUT2D eigenvalue weighted by atomic mass is 16.4. The Balaban J connectivity index is 1.76. The Bertz CT molecular complexity index is 865. The number of fused-ring (bicyclic) bond motifs is 5. The van der Waals surface area contributed by atoms with Crippen molar-refractivity contribution >= 4 is 24.8 Å². The first-order chi connectivity index (χ1) is 16.4. The average molecular weight is 493 g/mol. The average Bonchev–Trinajstić information content (AvgIpc) is 3.17. The van der Waals surface area contributed by atoms with Gasteiger partial charge in [0.25, 0.3) is 0 Å². The molecule has 12 atom stereocenters. The van der Waals surface area contributed by atoms with Crippen LogP contribution < -0.4 is 0 Å². The Morgan fingerprint density at radius 2 is 1.60 bits per heavy atom. The predicted octanol–water partition coefficient (Wildman–Crippen LogP) is 1.87. The number of aliphatic hydroxyl groups is 3. The number of hydrogen-bond donors (Lipinski definition) is 4. The second-order valence-electron chi connectivity index (χ2n) is 12.4. The van der Waals surface area contributed by atoms with Gasteiger partial charge in [-0.3, -0.25) is 4.79 Å². The molecule has 0 aromatic rings. The molecule has 4 aliphatic rings. The molecule has 4 fully saturated rings. The second kappa shape index (κ2) is 9.03. The topological polar surface area (TPSA) is 149 Å². The zero-order chi connectivity index (χ0) is 25.9. The summed E-state index contributed by atoms with van der Waals surface area (Å²) in [6.07, 6.45) is 1.99. The Labute approximate surface area is 206 Å². The maximum Gasteiger partial charge on any atom is 0.303 e. The van der Waals surface area contributed by atoms with Crippen LogP contribution in [0.1, 0.15) is 65.7 Å². The fourth-order valence-corrected chi connectivity index (χ4v) is 9.69. The molecule has 8 heteroatoms. The predicted molar refractivity (Wildman–Crippen MR) is 125 cm³/mol. The molecule has 0 bridgehead atoms. The minimum Gasteiger partial charge on any atom is -0.481 e. The number of carbonyl (C=O) groups is 4. The van der Waals surface area contributed by atoms with Crippen LogP contribution in [0.15, 0.2) is 0 Å². The molecular weight excluding hydrogens is 452 g/mol. The minimum absolute atomic E-state index is 0.0566. The summed E-state index contributed by atoms with van der Waals surface area (Å²) in [5, 5.41) is 43.0. The van der Waals surface area contributed by atoms with Gasteiger partial charge in [0.05, 0.1) is 29.6 Å². The normalized spacial score (nSPS) is 49.1. The van der Waals surface area contributed by atoms with Gasteiger partial charge in [-0.2, -0.15) is 0 Å². The molecule has 0 aromatic heterocycles. The first-order valence-electron chi connectivity index (χ1n) is 13.1. The summed E-state index contributed by atoms with van der Waals surface area (Å²) in [5.74, 6) is -2.85. The Morgan fingerprint density at radius 1 is 0.971 bits per heavy atom. The number of aldehydes is 3. The van der Waals surface area contributed by atoms with Crippen LogP contribution in [-0.4, -0.2) is 63.6 Å². The number of aliphatic hydroxyl groups excluding tert-OH is 3. The molecule has 0 saturated heterocycles. The standard InChI is InChI=1S/C27H40O8/c1-14(4-7-23(34)35)16-5-6-17-24-18(10-22(33)25(16,17)2)26(3)15(9-21(24)32)8-20(31)19(11-28)27(26,12-29)13-30/h11-22,24,31-33H,4-10H2,1-3H3,(H,34,35). The lowest BCUT2D eigenvalue weighted by Gasteiger charge is -2.67. The number of carboxylic acids is 1. The molecule has 196 valence electrons. The summed E-state index contributed by atoms with van der Waals surface area (Å²) in [7, 11) is 0. The molecule has 0 aliphatic heterocycles. The largest absolute Gasteiger partial charge is 0.481 e. The van der Waals surface area contributed by atoms with Crippen molar-refractivity contribution in [3.05, 3.63) is 0 Å². The first kappa shape index (κ1) is 26.4. The van der Waals surface area contributed by atoms with Crippen LogP contribution in [0.2, 0.25) is 0 Å². The van der Waals surface area contributed by atoms with Crippen molar-refractivity contribution in [2.24, 2.45) is 57.7 Å². The fraction of sp³-hybridized carbons (Fsp3) is 0.852. The van der Waals surface area contributed by atoms with E-state index < -0.39 is 46.4 Å². The van der Waals surface area contributed by atoms with Crippen LogP contribution in [0, 0.1) is 57.7 Å². The summed E-state index contributed by atoms with van der Waals surface area (Å²) in [5.41, 5.74) is -3.23. The zero-order valence-corrected chi connectivity index (χ0v) is 20.9. The highest BCUT2D eigenvalue weighted by molar-refractivity contribution is 5.90. The van der Waals surface area contributed by atoms with Crippen LogP contribution >= 0.6 is 0 Å². The molecule has 35 heavy (non-hydrogen) atoms. The molecule has 0 aromatic carbocycles. The van der Waals surface area contributed by atoms with E-state index in [1.54, 1.807) is 0 Å². The monoisotopic (exact) mass is 492 g/mol. The maximum absolute atomic E-state index is 12.6. The van der Waals surface area contributed by atoms with Gasteiger partial charge in [0.2, 0.25) is 0 Å². The second-order valence-corrected chi connectivity index (χ2v) is 12.4. The van der Waals surface area contributed by atoms with Gasteiger partial charge in [0.15, 0.2) is 0 Å². The van der Waals surface area contributed by atoms with Gasteiger partial charge in [-0.05, 0) is 84.9 Å². The van der Waals surface area contributed by atoms with E-state index in [1.807, 2.05) is 13.8 Å². The third-order valence-corrected chi connectivity index (χ3v) is 11.6. The van der Waals surface area contributed by atoms with E-state index in [-0.39, 0.29) is 54.8 Å². The summed E-state index contributed by atoms with van der Waals surface area (Å²) in [4.78, 5) is 48.4. The lowest BCUT2D eigenvalue weighted by molar-refractivity contribution is -0.243. The molecular formula is C27H40O8. The quantitative estimate of drug-likeness (QED) is 0.311. The Morgan fingerprint density at radius 3 is 2.17 bits per heavy atom. The molecule has 8 nitrogen and oxygen atoms in total. The molecule has 0 spiro atoms. The molecule has 4 rings (SSSR count). The maximum atomic E-state index is 12.6. The van der Waals surface area contributed by atoms with Crippen molar-refractivity contribution in [3.63, 3.8) is 0 Å². The minimum atomic E-state index is -1.72. The van der Waals surface area contributed by atoms with Gasteiger partial charge in [0, 0.05) is 6.42 Å². The van der Waals surface area contributed by atoms with E-state index in [9.17, 15) is 34.5 Å². The van der Waals surface area contributed by atoms with E-state index in [0.717, 1.165) is 12.8 Å². The van der Waals surface area contributed by atoms with Gasteiger partial charge >= 0.3 is 5.97 Å². The fourth-order valence-electron chi connectivity index (χ4n) is 9.69. The van der Waals surface area contributed by atoms with Gasteiger partial charge < -0.3 is 34.8 Å². The van der Waals surface area contributed by atoms with E-state index in [1.165, 1.54) is 0 Å². The van der Waals surface area contributed by atoms with Crippen LogP contribution in [-0.2, 0) is 19.2 Å². The highest BCUT2D eigenvalue weighted by Gasteiger charge is 2.72. The van der Waals surface area contributed by atoms with Crippen LogP contribution in [0.3, 0.4) is 0 Å². The number of aliphatic carboxylic acids is 1. The van der Waals surface area contributed by atoms with E-state index in [0.29, 0.717) is 31.7 Å². The van der Waals surface area contributed by atoms with Crippen molar-refractivity contribution in [1.82, 2.24) is 0 Å². The van der Waals surface area contributed by atoms with Gasteiger partial charge in [-0.25, -0.2) is 0 Å². The Hall–Kier alpha value is -1.64. The smallest absolute Gasteiger partial charge is 0.303 e. The number of carboxylic acid groups (broad SMARTS) is 1. The van der Waals surface area contributed by atoms with Gasteiger partial charge in [0.1, 0.15) is 18.9 Å². The molecule has 12 unspecified atom stereocenters. The molecule has 0 amide bonds. The number of carbonyl (C=O) groups excluding carboxylic acids is 3. The summed E-state index contributed by atoms with van der Waals surface area (Å²) in [6, 6.07) is 0. The third kappa shape index (κ3) is 3.42. The van der Waals surface area contributed by atoms with E-state index in [2.05, 4.69) is 6.92 Å². The lowest BCUT2D eigenvalue weighted by Crippen LogP contribution is -2.70. The number of rotatable bonds is 7. The van der Waals surface area contributed by atoms with Crippen molar-refractivity contribution in [2.45, 2.75) is 84.0 Å². The van der Waals surface area contributed by atoms with Crippen molar-refractivity contribution in [1.29, 1.82) is 0 Å². The Kier molecular flexibility index (Phi) is 6.82. The zero-order valence-electron chi connectivity index (χ0n) is 20.9. The van der Waals surface area contributed by atoms with E-state index >= 15 is 0 Å². The van der Waals surface area contributed by atoms with Crippen molar-refractivity contribution < 1.29 is 39.6 Å².